The fourth-order valence-electron chi connectivity index (χ4n) is 0.841. The van der Waals surface area contributed by atoms with Crippen LogP contribution in [0.25, 0.3) is 11.2 Å². The molecular weight excluding hydrogens is 160 g/mol. The van der Waals surface area contributed by atoms with Crippen molar-refractivity contribution in [2.75, 3.05) is 0 Å². The van der Waals surface area contributed by atoms with E-state index in [9.17, 15) is 4.79 Å². The summed E-state index contributed by atoms with van der Waals surface area (Å²) in [5.41, 5.74) is 1.11. The molecule has 0 saturated carbocycles. The smallest absolute Gasteiger partial charge is 0.303 e. The van der Waals surface area contributed by atoms with Crippen molar-refractivity contribution in [3.05, 3.63) is 12.5 Å². The van der Waals surface area contributed by atoms with Gasteiger partial charge in [-0.15, -0.1) is 0 Å². The lowest BCUT2D eigenvalue weighted by atomic mass is 10.6. The van der Waals surface area contributed by atoms with Gasteiger partial charge in [-0.1, -0.05) is 0 Å². The van der Waals surface area contributed by atoms with Crippen LogP contribution in [-0.2, 0) is 4.79 Å². The number of ether oxygens (including phenoxy) is 1. The van der Waals surface area contributed by atoms with Crippen molar-refractivity contribution >= 4 is 17.6 Å². The third-order valence-electron chi connectivity index (χ3n) is 1.30. The maximum absolute atomic E-state index is 9.93. The van der Waals surface area contributed by atoms with Crippen LogP contribution in [0.5, 0.6) is 6.01 Å². The summed E-state index contributed by atoms with van der Waals surface area (Å²) in [5.74, 6) is 0. The molecule has 0 aliphatic rings. The van der Waals surface area contributed by atoms with Crippen LogP contribution in [-0.4, -0.2) is 26.4 Å². The Labute approximate surface area is 66.6 Å². The number of carbonyl (C=O) groups is 1. The molecule has 60 valence electrons. The molecule has 12 heavy (non-hydrogen) atoms. The summed E-state index contributed by atoms with van der Waals surface area (Å²) in [6, 6.07) is 0.125. The Morgan fingerprint density at radius 1 is 1.58 bits per heavy atom. The molecule has 2 aromatic rings. The number of aromatic amines is 1. The molecule has 0 amide bonds. The van der Waals surface area contributed by atoms with E-state index in [1.54, 1.807) is 6.20 Å². The second-order valence-electron chi connectivity index (χ2n) is 2.02. The first-order valence-electron chi connectivity index (χ1n) is 3.16. The number of hydrogen-bond acceptors (Lipinski definition) is 5. The number of nitrogens with zero attached hydrogens (tertiary/aromatic N) is 3. The van der Waals surface area contributed by atoms with Crippen LogP contribution in [0.3, 0.4) is 0 Å². The van der Waals surface area contributed by atoms with E-state index in [2.05, 4.69) is 24.7 Å². The SMILES string of the molecule is O=COc1nc2ncncc2[nH]1. The molecule has 1 N–H and O–H groups in total. The van der Waals surface area contributed by atoms with Crippen molar-refractivity contribution in [3.63, 3.8) is 0 Å². The molecule has 0 atom stereocenters. The lowest BCUT2D eigenvalue weighted by Crippen LogP contribution is -1.89. The predicted molar refractivity (Wildman–Crippen MR) is 38.4 cm³/mol. The monoisotopic (exact) mass is 164 g/mol. The topological polar surface area (TPSA) is 80.8 Å². The molecule has 6 nitrogen and oxygen atoms in total. The zero-order valence-electron chi connectivity index (χ0n) is 5.89. The van der Waals surface area contributed by atoms with Crippen LogP contribution in [0.1, 0.15) is 0 Å². The first kappa shape index (κ1) is 6.71. The number of nitrogens with one attached hydrogen (secondary N) is 1. The highest BCUT2D eigenvalue weighted by molar-refractivity contribution is 5.69. The molecule has 2 aromatic heterocycles. The van der Waals surface area contributed by atoms with E-state index >= 15 is 0 Å². The van der Waals surface area contributed by atoms with E-state index in [0.29, 0.717) is 17.6 Å². The van der Waals surface area contributed by atoms with Crippen LogP contribution >= 0.6 is 0 Å². The van der Waals surface area contributed by atoms with E-state index < -0.39 is 0 Å². The van der Waals surface area contributed by atoms with E-state index in [1.165, 1.54) is 6.33 Å². The van der Waals surface area contributed by atoms with Gasteiger partial charge in [-0.05, 0) is 0 Å². The average molecular weight is 164 g/mol. The van der Waals surface area contributed by atoms with Gasteiger partial charge in [-0.25, -0.2) is 9.97 Å². The summed E-state index contributed by atoms with van der Waals surface area (Å²) in [7, 11) is 0. The van der Waals surface area contributed by atoms with Gasteiger partial charge >= 0.3 is 12.5 Å². The molecule has 0 spiro atoms. The largest absolute Gasteiger partial charge is 0.394 e. The molecule has 0 unspecified atom stereocenters. The molecule has 0 bridgehead atoms. The van der Waals surface area contributed by atoms with Crippen molar-refractivity contribution in [3.8, 4) is 6.01 Å². The molecule has 0 fully saturated rings. The minimum absolute atomic E-state index is 0.125. The summed E-state index contributed by atoms with van der Waals surface area (Å²) < 4.78 is 4.48. The van der Waals surface area contributed by atoms with Gasteiger partial charge in [0, 0.05) is 0 Å². The fourth-order valence-corrected chi connectivity index (χ4v) is 0.841. The molecule has 0 aliphatic carbocycles. The molecule has 2 heterocycles. The van der Waals surface area contributed by atoms with Gasteiger partial charge < -0.3 is 9.72 Å². The number of imidazole rings is 1. The van der Waals surface area contributed by atoms with E-state index in [-0.39, 0.29) is 6.01 Å². The van der Waals surface area contributed by atoms with Gasteiger partial charge in [0.05, 0.1) is 6.20 Å². The molecular formula is C6H4N4O2. The minimum atomic E-state index is 0.125. The number of H-pyrrole nitrogens is 1. The van der Waals surface area contributed by atoms with Crippen LogP contribution in [0.2, 0.25) is 0 Å². The first-order chi connectivity index (χ1) is 5.90. The number of rotatable bonds is 2. The Kier molecular flexibility index (Phi) is 1.44. The average Bonchev–Trinajstić information content (AvgIpc) is 2.47. The van der Waals surface area contributed by atoms with Crippen molar-refractivity contribution in [1.82, 2.24) is 19.9 Å². The Morgan fingerprint density at radius 3 is 3.25 bits per heavy atom. The highest BCUT2D eigenvalue weighted by atomic mass is 16.5. The summed E-state index contributed by atoms with van der Waals surface area (Å²) >= 11 is 0. The van der Waals surface area contributed by atoms with E-state index in [1.807, 2.05) is 0 Å². The summed E-state index contributed by atoms with van der Waals surface area (Å²) in [4.78, 5) is 24.1. The van der Waals surface area contributed by atoms with Crippen LogP contribution in [0, 0.1) is 0 Å². The molecule has 2 rings (SSSR count). The minimum Gasteiger partial charge on any atom is -0.394 e. The predicted octanol–water partition coefficient (Wildman–Crippen LogP) is -0.112. The Hall–Kier alpha value is -1.98. The lowest BCUT2D eigenvalue weighted by molar-refractivity contribution is -0.121. The third-order valence-corrected chi connectivity index (χ3v) is 1.30. The van der Waals surface area contributed by atoms with Crippen LogP contribution in [0.4, 0.5) is 0 Å². The molecule has 0 radical (unpaired) electrons. The van der Waals surface area contributed by atoms with Crippen molar-refractivity contribution in [2.24, 2.45) is 0 Å². The Morgan fingerprint density at radius 2 is 2.50 bits per heavy atom. The van der Waals surface area contributed by atoms with E-state index in [0.717, 1.165) is 0 Å². The third kappa shape index (κ3) is 0.986. The number of aromatic nitrogens is 4. The highest BCUT2D eigenvalue weighted by Gasteiger charge is 2.02. The number of carbonyl (C=O) groups excluding carboxylic acids is 1. The van der Waals surface area contributed by atoms with Crippen molar-refractivity contribution in [2.45, 2.75) is 0 Å². The first-order valence-corrected chi connectivity index (χ1v) is 3.16. The summed E-state index contributed by atoms with van der Waals surface area (Å²) in [5, 5.41) is 0. The van der Waals surface area contributed by atoms with Gasteiger partial charge in [0.1, 0.15) is 11.8 Å². The van der Waals surface area contributed by atoms with Gasteiger partial charge in [0.25, 0.3) is 0 Å². The normalized spacial score (nSPS) is 10.0. The second kappa shape index (κ2) is 2.57. The zero-order valence-corrected chi connectivity index (χ0v) is 5.89. The van der Waals surface area contributed by atoms with E-state index in [4.69, 9.17) is 0 Å². The lowest BCUT2D eigenvalue weighted by Gasteiger charge is -1.84. The van der Waals surface area contributed by atoms with Crippen LogP contribution in [0.15, 0.2) is 12.5 Å². The molecule has 0 aliphatic heterocycles. The number of hydrogen-bond donors (Lipinski definition) is 1. The van der Waals surface area contributed by atoms with Gasteiger partial charge in [0.15, 0.2) is 5.65 Å². The van der Waals surface area contributed by atoms with Gasteiger partial charge in [-0.2, -0.15) is 4.98 Å². The van der Waals surface area contributed by atoms with Crippen molar-refractivity contribution < 1.29 is 9.53 Å². The Balaban J connectivity index is 2.54. The maximum atomic E-state index is 9.93. The maximum Gasteiger partial charge on any atom is 0.303 e. The number of fused-ring (bicyclic) bond motifs is 1. The van der Waals surface area contributed by atoms with Gasteiger partial charge in [0.2, 0.25) is 0 Å². The van der Waals surface area contributed by atoms with Gasteiger partial charge in [-0.3, -0.25) is 4.79 Å². The van der Waals surface area contributed by atoms with Crippen LogP contribution < -0.4 is 4.74 Å². The zero-order chi connectivity index (χ0) is 8.39. The standard InChI is InChI=1S/C6H4N4O2/c11-3-12-6-9-4-1-7-2-8-5(4)10-6/h1-3H,(H,7,8,9,10). The van der Waals surface area contributed by atoms with Crippen molar-refractivity contribution in [1.29, 1.82) is 0 Å². The Bertz CT molecular complexity index is 378. The quantitative estimate of drug-likeness (QED) is 0.626. The molecule has 0 aromatic carbocycles. The molecule has 6 heteroatoms. The second-order valence-corrected chi connectivity index (χ2v) is 2.02. The highest BCUT2D eigenvalue weighted by Crippen LogP contribution is 2.10. The summed E-state index contributed by atoms with van der Waals surface area (Å²) in [6.07, 6.45) is 2.92. The fraction of sp³-hybridized carbons (Fsp3) is 0. The summed E-state index contributed by atoms with van der Waals surface area (Å²) in [6.45, 7) is 0.297. The molecule has 0 saturated heterocycles.